The second-order valence-electron chi connectivity index (χ2n) is 3.99. The lowest BCUT2D eigenvalue weighted by molar-refractivity contribution is -0.118. The van der Waals surface area contributed by atoms with E-state index in [0.717, 1.165) is 10.5 Å². The average Bonchev–Trinajstić information content (AvgIpc) is 2.37. The quantitative estimate of drug-likeness (QED) is 0.582. The third-order valence-corrected chi connectivity index (χ3v) is 3.42. The molecule has 1 atom stereocenters. The lowest BCUT2D eigenvalue weighted by atomic mass is 10.1. The zero-order chi connectivity index (χ0) is 13.4. The molecule has 0 spiro atoms. The van der Waals surface area contributed by atoms with Gasteiger partial charge < -0.3 is 15.8 Å². The molecular weight excluding hydrogens is 248 g/mol. The van der Waals surface area contributed by atoms with E-state index in [0.29, 0.717) is 18.9 Å². The molecule has 5 heteroatoms. The molecule has 18 heavy (non-hydrogen) atoms. The Kier molecular flexibility index (Phi) is 6.78. The van der Waals surface area contributed by atoms with Gasteiger partial charge >= 0.3 is 0 Å². The highest BCUT2D eigenvalue weighted by Gasteiger charge is 2.03. The first-order chi connectivity index (χ1) is 8.63. The van der Waals surface area contributed by atoms with Crippen molar-refractivity contribution < 1.29 is 9.53 Å². The van der Waals surface area contributed by atoms with Gasteiger partial charge in [0.05, 0.1) is 12.4 Å². The number of hydrogen-bond acceptors (Lipinski definition) is 4. The normalized spacial score (nSPS) is 12.2. The van der Waals surface area contributed by atoms with Crippen molar-refractivity contribution in [2.24, 2.45) is 5.73 Å². The minimum atomic E-state index is 0.0216. The van der Waals surface area contributed by atoms with Crippen LogP contribution in [0.4, 0.5) is 0 Å². The van der Waals surface area contributed by atoms with Gasteiger partial charge in [0.15, 0.2) is 0 Å². The van der Waals surface area contributed by atoms with E-state index in [4.69, 9.17) is 10.5 Å². The maximum absolute atomic E-state index is 11.5. The lowest BCUT2D eigenvalue weighted by Crippen LogP contribution is -2.28. The van der Waals surface area contributed by atoms with Gasteiger partial charge in [0.1, 0.15) is 0 Å². The zero-order valence-electron chi connectivity index (χ0n) is 10.8. The molecule has 0 saturated heterocycles. The summed E-state index contributed by atoms with van der Waals surface area (Å²) >= 11 is 1.51. The van der Waals surface area contributed by atoms with Crippen molar-refractivity contribution in [2.45, 2.75) is 17.9 Å². The van der Waals surface area contributed by atoms with Crippen molar-refractivity contribution in [3.05, 3.63) is 29.8 Å². The Bertz CT molecular complexity index is 366. The molecular formula is C13H20N2O2S. The molecule has 1 aromatic rings. The molecule has 1 unspecified atom stereocenters. The lowest BCUT2D eigenvalue weighted by Gasteiger charge is -2.07. The number of carbonyl (C=O) groups excluding carboxylic acids is 1. The summed E-state index contributed by atoms with van der Waals surface area (Å²) in [7, 11) is 1.61. The maximum Gasteiger partial charge on any atom is 0.230 e. The minimum absolute atomic E-state index is 0.0216. The molecule has 0 aliphatic heterocycles. The molecule has 0 heterocycles. The monoisotopic (exact) mass is 268 g/mol. The van der Waals surface area contributed by atoms with Crippen LogP contribution >= 0.6 is 11.8 Å². The van der Waals surface area contributed by atoms with Crippen molar-refractivity contribution in [2.75, 3.05) is 26.0 Å². The number of methoxy groups -OCH3 is 1. The molecule has 4 nitrogen and oxygen atoms in total. The Labute approximate surface area is 112 Å². The van der Waals surface area contributed by atoms with Crippen molar-refractivity contribution >= 4 is 17.7 Å². The van der Waals surface area contributed by atoms with Crippen LogP contribution in [0.25, 0.3) is 0 Å². The van der Waals surface area contributed by atoms with Crippen LogP contribution in [0.2, 0.25) is 0 Å². The standard InChI is InChI=1S/C13H20N2O2S/c1-10(14)11-3-5-12(6-4-11)18-9-13(16)15-7-8-17-2/h3-6,10H,7-9,14H2,1-2H3,(H,15,16). The highest BCUT2D eigenvalue weighted by molar-refractivity contribution is 8.00. The number of carbonyl (C=O) groups is 1. The Balaban J connectivity index is 2.32. The van der Waals surface area contributed by atoms with Crippen LogP contribution in [0.5, 0.6) is 0 Å². The van der Waals surface area contributed by atoms with Crippen LogP contribution in [0.1, 0.15) is 18.5 Å². The second kappa shape index (κ2) is 8.13. The van der Waals surface area contributed by atoms with Crippen molar-refractivity contribution in [1.29, 1.82) is 0 Å². The van der Waals surface area contributed by atoms with E-state index < -0.39 is 0 Å². The van der Waals surface area contributed by atoms with Crippen LogP contribution in [-0.4, -0.2) is 31.9 Å². The Morgan fingerprint density at radius 1 is 1.44 bits per heavy atom. The summed E-state index contributed by atoms with van der Waals surface area (Å²) in [6, 6.07) is 8.02. The van der Waals surface area contributed by atoms with Crippen molar-refractivity contribution in [3.63, 3.8) is 0 Å². The average molecular weight is 268 g/mol. The third-order valence-electron chi connectivity index (χ3n) is 2.40. The van der Waals surface area contributed by atoms with Crippen LogP contribution in [-0.2, 0) is 9.53 Å². The molecule has 0 radical (unpaired) electrons. The predicted molar refractivity (Wildman–Crippen MR) is 74.7 cm³/mol. The van der Waals surface area contributed by atoms with Gasteiger partial charge in [-0.05, 0) is 24.6 Å². The number of ether oxygens (including phenoxy) is 1. The van der Waals surface area contributed by atoms with Gasteiger partial charge in [0, 0.05) is 24.6 Å². The van der Waals surface area contributed by atoms with Crippen molar-refractivity contribution in [1.82, 2.24) is 5.32 Å². The van der Waals surface area contributed by atoms with Gasteiger partial charge in [0.25, 0.3) is 0 Å². The number of hydrogen-bond donors (Lipinski definition) is 2. The van der Waals surface area contributed by atoms with E-state index in [1.165, 1.54) is 11.8 Å². The minimum Gasteiger partial charge on any atom is -0.383 e. The molecule has 100 valence electrons. The number of rotatable bonds is 7. The van der Waals surface area contributed by atoms with Gasteiger partial charge in [-0.25, -0.2) is 0 Å². The zero-order valence-corrected chi connectivity index (χ0v) is 11.6. The van der Waals surface area contributed by atoms with Gasteiger partial charge in [-0.2, -0.15) is 0 Å². The number of benzene rings is 1. The predicted octanol–water partition coefficient (Wildman–Crippen LogP) is 1.56. The van der Waals surface area contributed by atoms with Crippen LogP contribution < -0.4 is 11.1 Å². The summed E-state index contributed by atoms with van der Waals surface area (Å²) in [5.41, 5.74) is 6.87. The fourth-order valence-corrected chi connectivity index (χ4v) is 2.09. The highest BCUT2D eigenvalue weighted by Crippen LogP contribution is 2.19. The van der Waals surface area contributed by atoms with Crippen LogP contribution in [0.3, 0.4) is 0 Å². The van der Waals surface area contributed by atoms with Gasteiger partial charge in [-0.1, -0.05) is 12.1 Å². The summed E-state index contributed by atoms with van der Waals surface area (Å²) in [6.07, 6.45) is 0. The van der Waals surface area contributed by atoms with E-state index in [-0.39, 0.29) is 11.9 Å². The first-order valence-corrected chi connectivity index (χ1v) is 6.86. The van der Waals surface area contributed by atoms with E-state index >= 15 is 0 Å². The first-order valence-electron chi connectivity index (χ1n) is 5.87. The largest absolute Gasteiger partial charge is 0.383 e. The summed E-state index contributed by atoms with van der Waals surface area (Å²) in [5.74, 6) is 0.439. The smallest absolute Gasteiger partial charge is 0.230 e. The van der Waals surface area contributed by atoms with E-state index in [2.05, 4.69) is 5.32 Å². The fraction of sp³-hybridized carbons (Fsp3) is 0.462. The van der Waals surface area contributed by atoms with Gasteiger partial charge in [0.2, 0.25) is 5.91 Å². The Morgan fingerprint density at radius 2 is 2.11 bits per heavy atom. The molecule has 1 amide bonds. The maximum atomic E-state index is 11.5. The van der Waals surface area contributed by atoms with Crippen LogP contribution in [0.15, 0.2) is 29.2 Å². The van der Waals surface area contributed by atoms with Crippen molar-refractivity contribution in [3.8, 4) is 0 Å². The van der Waals surface area contributed by atoms with Gasteiger partial charge in [-0.15, -0.1) is 11.8 Å². The second-order valence-corrected chi connectivity index (χ2v) is 5.04. The summed E-state index contributed by atoms with van der Waals surface area (Å²) in [6.45, 7) is 3.05. The van der Waals surface area contributed by atoms with Gasteiger partial charge in [-0.3, -0.25) is 4.79 Å². The number of amides is 1. The molecule has 1 aromatic carbocycles. The molecule has 0 aromatic heterocycles. The number of thioether (sulfide) groups is 1. The summed E-state index contributed by atoms with van der Waals surface area (Å²) < 4.78 is 4.86. The molecule has 0 bridgehead atoms. The molecule has 1 rings (SSSR count). The topological polar surface area (TPSA) is 64.3 Å². The van der Waals surface area contributed by atoms with Crippen LogP contribution in [0, 0.1) is 0 Å². The summed E-state index contributed by atoms with van der Waals surface area (Å²) in [5, 5.41) is 2.78. The molecule has 0 fully saturated rings. The van der Waals surface area contributed by atoms with E-state index in [1.54, 1.807) is 7.11 Å². The molecule has 0 saturated carbocycles. The number of nitrogens with two attached hydrogens (primary N) is 1. The van der Waals surface area contributed by atoms with E-state index in [9.17, 15) is 4.79 Å². The Morgan fingerprint density at radius 3 is 2.67 bits per heavy atom. The molecule has 0 aliphatic carbocycles. The SMILES string of the molecule is COCCNC(=O)CSc1ccc(C(C)N)cc1. The third kappa shape index (κ3) is 5.53. The first kappa shape index (κ1) is 15.0. The van der Waals surface area contributed by atoms with E-state index in [1.807, 2.05) is 31.2 Å². The number of nitrogens with one attached hydrogen (secondary N) is 1. The highest BCUT2D eigenvalue weighted by atomic mass is 32.2. The molecule has 0 aliphatic rings. The summed E-state index contributed by atoms with van der Waals surface area (Å²) in [4.78, 5) is 12.5. The Hall–Kier alpha value is -1.04. The molecule has 3 N–H and O–H groups in total. The fourth-order valence-electron chi connectivity index (χ4n) is 1.36.